The molecule has 0 unspecified atom stereocenters. The van der Waals surface area contributed by atoms with Crippen molar-refractivity contribution in [3.05, 3.63) is 119 Å². The van der Waals surface area contributed by atoms with Gasteiger partial charge in [-0.05, 0) is 90.8 Å². The third-order valence-electron chi connectivity index (χ3n) is 11.0. The van der Waals surface area contributed by atoms with Crippen molar-refractivity contribution >= 4 is 34.8 Å². The van der Waals surface area contributed by atoms with E-state index in [4.69, 9.17) is 0 Å². The largest absolute Gasteiger partial charge is 0.323 e. The van der Waals surface area contributed by atoms with Gasteiger partial charge in [0.2, 0.25) is 0 Å². The summed E-state index contributed by atoms with van der Waals surface area (Å²) in [5.74, 6) is 0. The van der Waals surface area contributed by atoms with Gasteiger partial charge in [0.15, 0.2) is 0 Å². The highest BCUT2D eigenvalue weighted by Gasteiger charge is 2.10. The lowest BCUT2D eigenvalue weighted by Gasteiger charge is -2.13. The summed E-state index contributed by atoms with van der Waals surface area (Å²) in [6, 6.07) is 31.7. The topological polar surface area (TPSA) is 82.3 Å². The molecule has 308 valence electrons. The van der Waals surface area contributed by atoms with Crippen molar-refractivity contribution in [3.8, 4) is 0 Å². The van der Waals surface area contributed by atoms with E-state index in [0.29, 0.717) is 0 Å². The Balaban J connectivity index is 1.13. The highest BCUT2D eigenvalue weighted by Crippen LogP contribution is 2.22. The smallest absolute Gasteiger partial charge is 0.308 e. The number of aryl methyl sites for hydroxylation is 2. The summed E-state index contributed by atoms with van der Waals surface area (Å²) < 4.78 is 0. The van der Waals surface area contributed by atoms with E-state index in [1.807, 2.05) is 72.8 Å². The van der Waals surface area contributed by atoms with Gasteiger partial charge in [0.25, 0.3) is 0 Å². The number of amides is 4. The van der Waals surface area contributed by atoms with Gasteiger partial charge in [-0.2, -0.15) is 0 Å². The molecule has 57 heavy (non-hydrogen) atoms. The molecule has 0 spiro atoms. The monoisotopic (exact) mass is 773 g/mol. The second kappa shape index (κ2) is 27.9. The molecule has 0 saturated heterocycles. The number of anilines is 4. The molecule has 6 heteroatoms. The molecule has 4 amide bonds. The van der Waals surface area contributed by atoms with Crippen LogP contribution in [0, 0.1) is 0 Å². The molecule has 4 aromatic rings. The third kappa shape index (κ3) is 18.9. The number of hydrogen-bond acceptors (Lipinski definition) is 2. The number of unbranched alkanes of at least 4 members (excludes halogenated alkanes) is 18. The zero-order valence-corrected chi connectivity index (χ0v) is 35.3. The summed E-state index contributed by atoms with van der Waals surface area (Å²) in [5, 5.41) is 12.1. The molecular weight excluding hydrogens is 701 g/mol. The first-order chi connectivity index (χ1) is 28.0. The molecule has 0 aliphatic heterocycles. The molecule has 0 aliphatic rings. The summed E-state index contributed by atoms with van der Waals surface area (Å²) in [7, 11) is 0. The lowest BCUT2D eigenvalue weighted by Crippen LogP contribution is -2.20. The Bertz CT molecular complexity index is 1560. The van der Waals surface area contributed by atoms with Crippen LogP contribution in [-0.2, 0) is 19.3 Å². The van der Waals surface area contributed by atoms with Crippen molar-refractivity contribution in [2.24, 2.45) is 0 Å². The fourth-order valence-corrected chi connectivity index (χ4v) is 7.54. The van der Waals surface area contributed by atoms with Gasteiger partial charge in [-0.15, -0.1) is 0 Å². The van der Waals surface area contributed by atoms with E-state index in [0.717, 1.165) is 66.0 Å². The van der Waals surface area contributed by atoms with E-state index in [1.54, 1.807) is 0 Å². The van der Waals surface area contributed by atoms with Gasteiger partial charge in [0, 0.05) is 22.7 Å². The molecule has 6 nitrogen and oxygen atoms in total. The number of carbonyl (C=O) groups is 2. The third-order valence-corrected chi connectivity index (χ3v) is 11.0. The quantitative estimate of drug-likeness (QED) is 0.0434. The van der Waals surface area contributed by atoms with E-state index < -0.39 is 0 Å². The summed E-state index contributed by atoms with van der Waals surface area (Å²) in [6.45, 7) is 4.54. The molecular formula is C51H72N4O2. The predicted octanol–water partition coefficient (Wildman–Crippen LogP) is 15.5. The first-order valence-electron chi connectivity index (χ1n) is 22.5. The van der Waals surface area contributed by atoms with Crippen molar-refractivity contribution in [3.63, 3.8) is 0 Å². The number of carbonyl (C=O) groups excluding carboxylic acids is 2. The van der Waals surface area contributed by atoms with Crippen molar-refractivity contribution in [2.75, 3.05) is 21.3 Å². The van der Waals surface area contributed by atoms with Crippen LogP contribution in [0.3, 0.4) is 0 Å². The Hall–Kier alpha value is -4.58. The molecule has 0 atom stereocenters. The Morgan fingerprint density at radius 3 is 1.04 bits per heavy atom. The molecule has 4 rings (SSSR count). The second-order valence-corrected chi connectivity index (χ2v) is 15.9. The van der Waals surface area contributed by atoms with Crippen LogP contribution in [0.2, 0.25) is 0 Å². The van der Waals surface area contributed by atoms with Crippen LogP contribution in [0.4, 0.5) is 32.3 Å². The van der Waals surface area contributed by atoms with Gasteiger partial charge < -0.3 is 21.3 Å². The van der Waals surface area contributed by atoms with E-state index in [9.17, 15) is 9.59 Å². The summed E-state index contributed by atoms with van der Waals surface area (Å²) in [6.07, 6.45) is 29.0. The highest BCUT2D eigenvalue weighted by atomic mass is 16.2. The molecule has 0 heterocycles. The Labute approximate surface area is 345 Å². The van der Waals surface area contributed by atoms with Crippen molar-refractivity contribution in [1.82, 2.24) is 0 Å². The number of para-hydroxylation sites is 2. The number of hydrogen-bond donors (Lipinski definition) is 4. The lowest BCUT2D eigenvalue weighted by molar-refractivity contribution is 0.261. The van der Waals surface area contributed by atoms with Crippen LogP contribution in [0.15, 0.2) is 97.1 Å². The first kappa shape index (κ1) is 45.1. The minimum atomic E-state index is -0.233. The zero-order chi connectivity index (χ0) is 40.2. The van der Waals surface area contributed by atoms with Gasteiger partial charge in [-0.3, -0.25) is 0 Å². The van der Waals surface area contributed by atoms with Crippen LogP contribution in [0.5, 0.6) is 0 Å². The average Bonchev–Trinajstić information content (AvgIpc) is 3.22. The fourth-order valence-electron chi connectivity index (χ4n) is 7.54. The molecule has 0 saturated carbocycles. The molecule has 0 fully saturated rings. The van der Waals surface area contributed by atoms with E-state index in [2.05, 4.69) is 59.4 Å². The highest BCUT2D eigenvalue weighted by molar-refractivity contribution is 6.01. The van der Waals surface area contributed by atoms with Crippen LogP contribution >= 0.6 is 0 Å². The Morgan fingerprint density at radius 2 is 0.684 bits per heavy atom. The number of urea groups is 2. The van der Waals surface area contributed by atoms with Crippen molar-refractivity contribution in [2.45, 2.75) is 162 Å². The SMILES string of the molecule is CCCCCCCCCCCCc1ccccc1NC(=O)Nc1ccc(Cc2ccc(NC(=O)Nc3ccccc3CCCCCCCCCCCC)cc2)cc1. The molecule has 4 N–H and O–H groups in total. The van der Waals surface area contributed by atoms with Crippen LogP contribution in [0.1, 0.15) is 165 Å². The van der Waals surface area contributed by atoms with Crippen molar-refractivity contribution in [1.29, 1.82) is 0 Å². The number of rotatable bonds is 28. The van der Waals surface area contributed by atoms with E-state index in [1.165, 1.54) is 127 Å². The molecule has 0 aliphatic carbocycles. The summed E-state index contributed by atoms with van der Waals surface area (Å²) >= 11 is 0. The lowest BCUT2D eigenvalue weighted by atomic mass is 10.0. The van der Waals surface area contributed by atoms with Gasteiger partial charge in [-0.1, -0.05) is 190 Å². The molecule has 0 aromatic heterocycles. The molecule has 0 bridgehead atoms. The summed E-state index contributed by atoms with van der Waals surface area (Å²) in [5.41, 5.74) is 7.90. The van der Waals surface area contributed by atoms with Crippen LogP contribution in [0.25, 0.3) is 0 Å². The molecule has 4 aromatic carbocycles. The van der Waals surface area contributed by atoms with Gasteiger partial charge in [-0.25, -0.2) is 9.59 Å². The van der Waals surface area contributed by atoms with Gasteiger partial charge in [0.1, 0.15) is 0 Å². The first-order valence-corrected chi connectivity index (χ1v) is 22.5. The zero-order valence-electron chi connectivity index (χ0n) is 35.3. The minimum absolute atomic E-state index is 0.233. The van der Waals surface area contributed by atoms with Crippen LogP contribution in [-0.4, -0.2) is 12.1 Å². The Kier molecular flexibility index (Phi) is 22.1. The number of nitrogens with one attached hydrogen (secondary N) is 4. The van der Waals surface area contributed by atoms with Crippen molar-refractivity contribution < 1.29 is 9.59 Å². The van der Waals surface area contributed by atoms with E-state index >= 15 is 0 Å². The molecule has 0 radical (unpaired) electrons. The van der Waals surface area contributed by atoms with Gasteiger partial charge >= 0.3 is 12.1 Å². The fraction of sp³-hybridized carbons (Fsp3) is 0.490. The minimum Gasteiger partial charge on any atom is -0.308 e. The normalized spacial score (nSPS) is 11.0. The second-order valence-electron chi connectivity index (χ2n) is 15.9. The average molecular weight is 773 g/mol. The summed E-state index contributed by atoms with van der Waals surface area (Å²) in [4.78, 5) is 25.9. The predicted molar refractivity (Wildman–Crippen MR) is 245 cm³/mol. The van der Waals surface area contributed by atoms with Gasteiger partial charge in [0.05, 0.1) is 0 Å². The maximum Gasteiger partial charge on any atom is 0.323 e. The standard InChI is InChI=1S/C51H72N4O2/c1-3-5-7-9-11-13-15-17-19-21-27-44-29-23-25-31-48(44)54-50(56)52-46-37-33-42(34-38-46)41-43-35-39-47(40-36-43)53-51(57)55-49-32-26-24-30-45(49)28-22-20-18-16-14-12-10-8-6-4-2/h23-26,29-40H,3-22,27-28,41H2,1-2H3,(H2,52,54,56)(H2,53,55,57). The van der Waals surface area contributed by atoms with Crippen LogP contribution < -0.4 is 21.3 Å². The number of benzene rings is 4. The Morgan fingerprint density at radius 1 is 0.368 bits per heavy atom. The van der Waals surface area contributed by atoms with E-state index in [-0.39, 0.29) is 12.1 Å². The maximum absolute atomic E-state index is 12.9. The maximum atomic E-state index is 12.9.